The highest BCUT2D eigenvalue weighted by molar-refractivity contribution is 7.99. The lowest BCUT2D eigenvalue weighted by atomic mass is 10.7. The molecule has 0 amide bonds. The molecule has 3 N–H and O–H groups in total. The van der Waals surface area contributed by atoms with Crippen molar-refractivity contribution >= 4 is 11.8 Å². The summed E-state index contributed by atoms with van der Waals surface area (Å²) in [5.74, 6) is 0. The molecule has 0 aromatic rings. The summed E-state index contributed by atoms with van der Waals surface area (Å²) in [4.78, 5) is 0. The van der Waals surface area contributed by atoms with Crippen LogP contribution in [0, 0.1) is 0 Å². The molecule has 2 nitrogen and oxygen atoms in total. The Bertz CT molecular complexity index is 30.0. The van der Waals surface area contributed by atoms with E-state index in [0.717, 1.165) is 0 Å². The van der Waals surface area contributed by atoms with Crippen molar-refractivity contribution in [2.45, 2.75) is 5.44 Å². The molecule has 0 aliphatic carbocycles. The van der Waals surface area contributed by atoms with Gasteiger partial charge < -0.3 is 10.8 Å². The predicted molar refractivity (Wildman–Crippen MR) is 28.6 cm³/mol. The third kappa shape index (κ3) is 2.50. The van der Waals surface area contributed by atoms with Gasteiger partial charge in [-0.1, -0.05) is 0 Å². The Morgan fingerprint density at radius 2 is 2.50 bits per heavy atom. The number of hydrogen-bond donors (Lipinski definition) is 2. The summed E-state index contributed by atoms with van der Waals surface area (Å²) in [5, 5.41) is 8.50. The van der Waals surface area contributed by atoms with Crippen molar-refractivity contribution in [3.8, 4) is 0 Å². The first-order valence-electron chi connectivity index (χ1n) is 1.72. The normalized spacial score (nSPS) is 14.5. The lowest BCUT2D eigenvalue weighted by Crippen LogP contribution is -2.14. The van der Waals surface area contributed by atoms with Gasteiger partial charge in [-0.25, -0.2) is 0 Å². The third-order valence-corrected chi connectivity index (χ3v) is 1.21. The van der Waals surface area contributed by atoms with E-state index in [4.69, 9.17) is 10.8 Å². The van der Waals surface area contributed by atoms with Gasteiger partial charge in [0.05, 0.1) is 0 Å². The van der Waals surface area contributed by atoms with E-state index < -0.39 is 0 Å². The van der Waals surface area contributed by atoms with E-state index >= 15 is 0 Å². The van der Waals surface area contributed by atoms with Crippen LogP contribution in [-0.4, -0.2) is 23.3 Å². The minimum Gasteiger partial charge on any atom is -0.381 e. The molecule has 0 aromatic heterocycles. The van der Waals surface area contributed by atoms with Crippen molar-refractivity contribution < 1.29 is 5.11 Å². The van der Waals surface area contributed by atoms with Crippen molar-refractivity contribution in [3.05, 3.63) is 0 Å². The number of rotatable bonds is 2. The van der Waals surface area contributed by atoms with E-state index in [2.05, 4.69) is 0 Å². The second kappa shape index (κ2) is 3.46. The summed E-state index contributed by atoms with van der Waals surface area (Å²) in [6.07, 6.45) is 1.82. The number of aliphatic hydroxyl groups is 1. The van der Waals surface area contributed by atoms with Crippen LogP contribution in [0.15, 0.2) is 0 Å². The largest absolute Gasteiger partial charge is 0.381 e. The second-order valence-electron chi connectivity index (χ2n) is 0.926. The summed E-state index contributed by atoms with van der Waals surface area (Å²) in [6.45, 7) is 0.348. The third-order valence-electron chi connectivity index (χ3n) is 0.474. The van der Waals surface area contributed by atoms with Gasteiger partial charge in [0.2, 0.25) is 0 Å². The van der Waals surface area contributed by atoms with E-state index in [-0.39, 0.29) is 5.44 Å². The molecule has 3 heteroatoms. The summed E-state index contributed by atoms with van der Waals surface area (Å²) in [7, 11) is 0. The van der Waals surface area contributed by atoms with Gasteiger partial charge in [-0.3, -0.25) is 0 Å². The minimum atomic E-state index is -0.370. The lowest BCUT2D eigenvalue weighted by Gasteiger charge is -1.98. The average Bonchev–Trinajstić information content (AvgIpc) is 1.65. The highest BCUT2D eigenvalue weighted by atomic mass is 32.2. The van der Waals surface area contributed by atoms with E-state index in [9.17, 15) is 0 Å². The first-order chi connectivity index (χ1) is 2.81. The Labute approximate surface area is 41.7 Å². The number of aliphatic hydroxyl groups excluding tert-OH is 1. The van der Waals surface area contributed by atoms with Gasteiger partial charge in [-0.05, 0) is 6.26 Å². The average molecular weight is 107 g/mol. The summed E-state index contributed by atoms with van der Waals surface area (Å²) >= 11 is 1.36. The van der Waals surface area contributed by atoms with Crippen LogP contribution in [0.1, 0.15) is 0 Å². The fraction of sp³-hybridized carbons (Fsp3) is 1.00. The zero-order valence-electron chi connectivity index (χ0n) is 3.72. The van der Waals surface area contributed by atoms with E-state index in [0.29, 0.717) is 6.54 Å². The predicted octanol–water partition coefficient (Wildman–Crippen LogP) is -0.373. The number of hydrogen-bond acceptors (Lipinski definition) is 3. The number of nitrogens with two attached hydrogens (primary N) is 1. The molecule has 1 atom stereocenters. The van der Waals surface area contributed by atoms with Crippen LogP contribution >= 0.6 is 11.8 Å². The quantitative estimate of drug-likeness (QED) is 0.473. The smallest absolute Gasteiger partial charge is 0.111 e. The molecule has 0 heterocycles. The Kier molecular flexibility index (Phi) is 3.62. The van der Waals surface area contributed by atoms with Crippen LogP contribution < -0.4 is 5.73 Å². The standard InChI is InChI=1S/C3H9NOS/c1-6-3(5)2-4/h3,5H,2,4H2,1H3. The van der Waals surface area contributed by atoms with Gasteiger partial charge >= 0.3 is 0 Å². The molecule has 0 fully saturated rings. The van der Waals surface area contributed by atoms with Crippen molar-refractivity contribution in [2.24, 2.45) is 5.73 Å². The fourth-order valence-electron chi connectivity index (χ4n) is 0.0962. The second-order valence-corrected chi connectivity index (χ2v) is 1.94. The SMILES string of the molecule is CSC(O)CN. The monoisotopic (exact) mass is 107 g/mol. The van der Waals surface area contributed by atoms with E-state index in [1.807, 2.05) is 6.26 Å². The molecule has 0 aliphatic heterocycles. The first kappa shape index (κ1) is 6.27. The van der Waals surface area contributed by atoms with Crippen molar-refractivity contribution in [3.63, 3.8) is 0 Å². The first-order valence-corrected chi connectivity index (χ1v) is 3.01. The Morgan fingerprint density at radius 1 is 2.00 bits per heavy atom. The summed E-state index contributed by atoms with van der Waals surface area (Å²) < 4.78 is 0. The maximum absolute atomic E-state index is 8.50. The molecule has 1 unspecified atom stereocenters. The highest BCUT2D eigenvalue weighted by Gasteiger charge is 1.91. The Balaban J connectivity index is 2.75. The summed E-state index contributed by atoms with van der Waals surface area (Å²) in [6, 6.07) is 0. The molecule has 0 saturated heterocycles. The molecule has 0 radical (unpaired) electrons. The maximum Gasteiger partial charge on any atom is 0.111 e. The molecule has 0 spiro atoms. The Morgan fingerprint density at radius 3 is 2.50 bits per heavy atom. The molecule has 38 valence electrons. The van der Waals surface area contributed by atoms with Gasteiger partial charge in [0, 0.05) is 6.54 Å². The van der Waals surface area contributed by atoms with Gasteiger partial charge in [0.15, 0.2) is 0 Å². The van der Waals surface area contributed by atoms with Gasteiger partial charge in [-0.2, -0.15) is 0 Å². The van der Waals surface area contributed by atoms with Crippen LogP contribution in [0.2, 0.25) is 0 Å². The molecule has 0 saturated carbocycles. The highest BCUT2D eigenvalue weighted by Crippen LogP contribution is 1.96. The van der Waals surface area contributed by atoms with Gasteiger partial charge in [0.25, 0.3) is 0 Å². The summed E-state index contributed by atoms with van der Waals surface area (Å²) in [5.41, 5.74) is 4.64. The zero-order valence-corrected chi connectivity index (χ0v) is 4.53. The Hall–Kier alpha value is 0.270. The molecule has 0 bridgehead atoms. The van der Waals surface area contributed by atoms with Gasteiger partial charge in [0.1, 0.15) is 5.44 Å². The van der Waals surface area contributed by atoms with Crippen LogP contribution in [0.25, 0.3) is 0 Å². The molecular weight excluding hydrogens is 98.1 g/mol. The zero-order chi connectivity index (χ0) is 4.99. The van der Waals surface area contributed by atoms with Crippen LogP contribution in [-0.2, 0) is 0 Å². The van der Waals surface area contributed by atoms with Gasteiger partial charge in [-0.15, -0.1) is 11.8 Å². The van der Waals surface area contributed by atoms with Crippen molar-refractivity contribution in [1.29, 1.82) is 0 Å². The van der Waals surface area contributed by atoms with E-state index in [1.165, 1.54) is 11.8 Å². The molecule has 6 heavy (non-hydrogen) atoms. The van der Waals surface area contributed by atoms with E-state index in [1.54, 1.807) is 0 Å². The van der Waals surface area contributed by atoms with Crippen LogP contribution in [0.5, 0.6) is 0 Å². The molecule has 0 aliphatic rings. The van der Waals surface area contributed by atoms with Crippen LogP contribution in [0.3, 0.4) is 0 Å². The lowest BCUT2D eigenvalue weighted by molar-refractivity contribution is 0.272. The topological polar surface area (TPSA) is 46.2 Å². The van der Waals surface area contributed by atoms with Crippen molar-refractivity contribution in [1.82, 2.24) is 0 Å². The van der Waals surface area contributed by atoms with Crippen molar-refractivity contribution in [2.75, 3.05) is 12.8 Å². The minimum absolute atomic E-state index is 0.348. The molecule has 0 rings (SSSR count). The van der Waals surface area contributed by atoms with Crippen LogP contribution in [0.4, 0.5) is 0 Å². The fourth-order valence-corrected chi connectivity index (χ4v) is 0.289. The number of thioether (sulfide) groups is 1. The molecule has 0 aromatic carbocycles. The molecular formula is C3H9NOS. The maximum atomic E-state index is 8.50.